The number of ether oxygens (including phenoxy) is 1. The van der Waals surface area contributed by atoms with Crippen molar-refractivity contribution in [2.24, 2.45) is 0 Å². The number of aromatic hydroxyl groups is 2. The average molecular weight is 322 g/mol. The molecule has 2 rings (SSSR count). The Hall–Kier alpha value is -2.41. The highest BCUT2D eigenvalue weighted by molar-refractivity contribution is 6.03. The molecule has 1 aromatic rings. The van der Waals surface area contributed by atoms with E-state index in [1.165, 1.54) is 6.07 Å². The molecule has 7 heteroatoms. The van der Waals surface area contributed by atoms with Gasteiger partial charge >= 0.3 is 5.97 Å². The maximum Gasteiger partial charge on any atom is 0.310 e. The van der Waals surface area contributed by atoms with E-state index in [0.29, 0.717) is 0 Å². The van der Waals surface area contributed by atoms with Gasteiger partial charge in [0, 0.05) is 18.9 Å². The average Bonchev–Trinajstić information content (AvgIpc) is 2.42. The van der Waals surface area contributed by atoms with Crippen molar-refractivity contribution in [2.45, 2.75) is 44.8 Å². The lowest BCUT2D eigenvalue weighted by molar-refractivity contribution is -0.148. The topological polar surface area (TPSA) is 121 Å². The van der Waals surface area contributed by atoms with Crippen molar-refractivity contribution in [3.8, 4) is 11.5 Å². The van der Waals surface area contributed by atoms with Gasteiger partial charge in [-0.05, 0) is 25.0 Å². The molecule has 0 aromatic heterocycles. The molecule has 0 spiro atoms. The van der Waals surface area contributed by atoms with E-state index in [9.17, 15) is 29.7 Å². The van der Waals surface area contributed by atoms with Crippen LogP contribution in [0.3, 0.4) is 0 Å². The maximum atomic E-state index is 12.3. The van der Waals surface area contributed by atoms with E-state index in [0.717, 1.165) is 6.07 Å². The van der Waals surface area contributed by atoms with Crippen LogP contribution >= 0.6 is 0 Å². The number of phenolic OH excluding ortho intramolecular Hbond substituents is 2. The van der Waals surface area contributed by atoms with Crippen LogP contribution in [0.5, 0.6) is 11.5 Å². The Morgan fingerprint density at radius 2 is 1.87 bits per heavy atom. The van der Waals surface area contributed by atoms with Crippen molar-refractivity contribution in [3.63, 3.8) is 0 Å². The number of esters is 1. The lowest BCUT2D eigenvalue weighted by Gasteiger charge is -2.18. The number of benzene rings is 1. The van der Waals surface area contributed by atoms with Gasteiger partial charge in [0.15, 0.2) is 11.6 Å². The second-order valence-corrected chi connectivity index (χ2v) is 5.62. The summed E-state index contributed by atoms with van der Waals surface area (Å²) < 4.78 is 5.13. The largest absolute Gasteiger partial charge is 0.508 e. The summed E-state index contributed by atoms with van der Waals surface area (Å²) in [5, 5.41) is 29.3. The highest BCUT2D eigenvalue weighted by Gasteiger charge is 2.27. The number of hydrogen-bond acceptors (Lipinski definition) is 7. The van der Waals surface area contributed by atoms with Crippen LogP contribution in [0, 0.1) is 0 Å². The van der Waals surface area contributed by atoms with E-state index in [1.54, 1.807) is 6.92 Å². The standard InChI is InChI=1S/C16H18O7/c1-8-2-3-11(18)12(19)7-14(21)16-9(5-15(22)23-8)4-10(17)6-13(16)20/h4,6,8,12,17,19-20H,2-3,5,7H2,1H3. The van der Waals surface area contributed by atoms with E-state index in [1.807, 2.05) is 0 Å². The third-order valence-electron chi connectivity index (χ3n) is 3.68. The number of Topliss-reactive ketones (excluding diaryl/α,β-unsaturated/α-hetero) is 2. The number of phenols is 2. The molecule has 0 radical (unpaired) electrons. The molecule has 0 saturated heterocycles. The molecule has 2 atom stereocenters. The van der Waals surface area contributed by atoms with Crippen molar-refractivity contribution in [2.75, 3.05) is 0 Å². The van der Waals surface area contributed by atoms with Gasteiger partial charge in [0.05, 0.1) is 18.1 Å². The van der Waals surface area contributed by atoms with Gasteiger partial charge in [-0.2, -0.15) is 0 Å². The fraction of sp³-hybridized carbons (Fsp3) is 0.438. The van der Waals surface area contributed by atoms with Crippen LogP contribution in [0.4, 0.5) is 0 Å². The number of carbonyl (C=O) groups excluding carboxylic acids is 3. The number of aliphatic hydroxyl groups excluding tert-OH is 1. The van der Waals surface area contributed by atoms with Gasteiger partial charge in [-0.25, -0.2) is 0 Å². The molecule has 0 aliphatic carbocycles. The first-order valence-electron chi connectivity index (χ1n) is 7.26. The van der Waals surface area contributed by atoms with Crippen molar-refractivity contribution >= 4 is 17.5 Å². The minimum atomic E-state index is -1.48. The Morgan fingerprint density at radius 3 is 2.57 bits per heavy atom. The van der Waals surface area contributed by atoms with Crippen LogP contribution in [-0.4, -0.2) is 45.1 Å². The lowest BCUT2D eigenvalue weighted by atomic mass is 9.94. The number of fused-ring (bicyclic) bond motifs is 1. The van der Waals surface area contributed by atoms with Crippen molar-refractivity contribution in [1.29, 1.82) is 0 Å². The fourth-order valence-electron chi connectivity index (χ4n) is 2.51. The van der Waals surface area contributed by atoms with Crippen LogP contribution in [0.15, 0.2) is 12.1 Å². The van der Waals surface area contributed by atoms with Gasteiger partial charge in [0.25, 0.3) is 0 Å². The first kappa shape index (κ1) is 17.0. The summed E-state index contributed by atoms with van der Waals surface area (Å²) in [6.07, 6.45) is -2.58. The SMILES string of the molecule is CC1CCC(=O)C(O)CC(=O)c2c(O)cc(O)cc2CC(=O)O1. The Balaban J connectivity index is 2.45. The van der Waals surface area contributed by atoms with Crippen LogP contribution in [0.2, 0.25) is 0 Å². The van der Waals surface area contributed by atoms with E-state index in [2.05, 4.69) is 0 Å². The summed E-state index contributed by atoms with van der Waals surface area (Å²) in [5.41, 5.74) is -0.107. The molecule has 124 valence electrons. The van der Waals surface area contributed by atoms with E-state index >= 15 is 0 Å². The maximum absolute atomic E-state index is 12.3. The Bertz CT molecular complexity index is 650. The van der Waals surface area contributed by atoms with Gasteiger partial charge in [-0.15, -0.1) is 0 Å². The smallest absolute Gasteiger partial charge is 0.310 e. The van der Waals surface area contributed by atoms with Crippen LogP contribution in [-0.2, 0) is 20.7 Å². The molecule has 1 heterocycles. The molecule has 7 nitrogen and oxygen atoms in total. The van der Waals surface area contributed by atoms with Crippen molar-refractivity contribution in [3.05, 3.63) is 23.3 Å². The van der Waals surface area contributed by atoms with E-state index in [-0.39, 0.29) is 36.1 Å². The summed E-state index contributed by atoms with van der Waals surface area (Å²) in [5.74, 6) is -2.66. The monoisotopic (exact) mass is 322 g/mol. The highest BCUT2D eigenvalue weighted by atomic mass is 16.5. The molecule has 0 fully saturated rings. The number of ketones is 2. The second-order valence-electron chi connectivity index (χ2n) is 5.62. The second kappa shape index (κ2) is 6.78. The summed E-state index contributed by atoms with van der Waals surface area (Å²) in [6.45, 7) is 1.62. The number of hydrogen-bond donors (Lipinski definition) is 3. The number of carbonyl (C=O) groups is 3. The summed E-state index contributed by atoms with van der Waals surface area (Å²) in [7, 11) is 0. The zero-order chi connectivity index (χ0) is 17.1. The van der Waals surface area contributed by atoms with Crippen molar-refractivity contribution < 1.29 is 34.4 Å². The van der Waals surface area contributed by atoms with Crippen LogP contribution in [0.25, 0.3) is 0 Å². The predicted molar refractivity (Wildman–Crippen MR) is 78.2 cm³/mol. The third kappa shape index (κ3) is 4.07. The molecule has 0 amide bonds. The number of aliphatic hydroxyl groups is 1. The zero-order valence-corrected chi connectivity index (χ0v) is 12.6. The number of cyclic esters (lactones) is 1. The molecule has 1 aromatic carbocycles. The molecule has 0 bridgehead atoms. The first-order chi connectivity index (χ1) is 10.8. The highest BCUT2D eigenvalue weighted by Crippen LogP contribution is 2.30. The zero-order valence-electron chi connectivity index (χ0n) is 12.6. The van der Waals surface area contributed by atoms with Gasteiger partial charge in [-0.1, -0.05) is 0 Å². The minimum Gasteiger partial charge on any atom is -0.508 e. The van der Waals surface area contributed by atoms with Gasteiger partial charge < -0.3 is 20.1 Å². The lowest BCUT2D eigenvalue weighted by Crippen LogP contribution is -2.27. The Morgan fingerprint density at radius 1 is 1.17 bits per heavy atom. The molecule has 1 aliphatic rings. The number of rotatable bonds is 0. The summed E-state index contributed by atoms with van der Waals surface area (Å²) >= 11 is 0. The van der Waals surface area contributed by atoms with Crippen LogP contribution < -0.4 is 0 Å². The van der Waals surface area contributed by atoms with Gasteiger partial charge in [0.2, 0.25) is 0 Å². The molecular weight excluding hydrogens is 304 g/mol. The molecule has 0 saturated carbocycles. The van der Waals surface area contributed by atoms with Gasteiger partial charge in [-0.3, -0.25) is 14.4 Å². The van der Waals surface area contributed by atoms with Crippen molar-refractivity contribution in [1.82, 2.24) is 0 Å². The van der Waals surface area contributed by atoms with E-state index < -0.39 is 41.9 Å². The van der Waals surface area contributed by atoms with Crippen LogP contribution in [0.1, 0.15) is 42.1 Å². The molecule has 2 unspecified atom stereocenters. The quantitative estimate of drug-likeness (QED) is 0.606. The fourth-order valence-corrected chi connectivity index (χ4v) is 2.51. The normalized spacial score (nSPS) is 23.5. The summed E-state index contributed by atoms with van der Waals surface area (Å²) in [4.78, 5) is 36.0. The van der Waals surface area contributed by atoms with E-state index in [4.69, 9.17) is 4.74 Å². The van der Waals surface area contributed by atoms with Gasteiger partial charge in [0.1, 0.15) is 17.6 Å². The minimum absolute atomic E-state index is 0.0166. The molecule has 1 aliphatic heterocycles. The molecule has 23 heavy (non-hydrogen) atoms. The third-order valence-corrected chi connectivity index (χ3v) is 3.68. The summed E-state index contributed by atoms with van der Waals surface area (Å²) in [6, 6.07) is 2.14. The Kier molecular flexibility index (Phi) is 5.00. The molecular formula is C16H18O7. The molecule has 3 N–H and O–H groups in total. The Labute approximate surface area is 132 Å². The predicted octanol–water partition coefficient (Wildman–Crippen LogP) is 0.869. The first-order valence-corrected chi connectivity index (χ1v) is 7.26.